The molecule has 27 heavy (non-hydrogen) atoms. The molecule has 3 rings (SSSR count). The van der Waals surface area contributed by atoms with Crippen molar-refractivity contribution in [1.29, 1.82) is 0 Å². The van der Waals surface area contributed by atoms with Gasteiger partial charge in [0.05, 0.1) is 10.0 Å². The van der Waals surface area contributed by atoms with E-state index < -0.39 is 0 Å². The zero-order valence-corrected chi connectivity index (χ0v) is 17.2. The number of hydrogen-bond acceptors (Lipinski definition) is 2. The first kappa shape index (κ1) is 20.1. The monoisotopic (exact) mass is 417 g/mol. The van der Waals surface area contributed by atoms with Crippen molar-refractivity contribution in [3.05, 3.63) is 81.8 Å². The summed E-state index contributed by atoms with van der Waals surface area (Å²) in [7, 11) is 0. The SMILES string of the molecule is O=C(CCc1cccc2ccccc12)NCCSCc1ccc(Cl)c(Cl)c1. The molecular formula is C22H21Cl2NOS. The van der Waals surface area contributed by atoms with Gasteiger partial charge in [-0.1, -0.05) is 71.7 Å². The Labute approximate surface area is 174 Å². The Morgan fingerprint density at radius 2 is 1.78 bits per heavy atom. The van der Waals surface area contributed by atoms with Gasteiger partial charge in [0.2, 0.25) is 5.91 Å². The molecule has 0 radical (unpaired) electrons. The molecule has 140 valence electrons. The Bertz CT molecular complexity index is 924. The lowest BCUT2D eigenvalue weighted by Crippen LogP contribution is -2.25. The van der Waals surface area contributed by atoms with Crippen molar-refractivity contribution in [2.24, 2.45) is 0 Å². The van der Waals surface area contributed by atoms with Crippen LogP contribution in [0.25, 0.3) is 10.8 Å². The molecule has 0 fully saturated rings. The van der Waals surface area contributed by atoms with Gasteiger partial charge in [-0.3, -0.25) is 4.79 Å². The predicted molar refractivity (Wildman–Crippen MR) is 118 cm³/mol. The summed E-state index contributed by atoms with van der Waals surface area (Å²) in [6.07, 6.45) is 1.26. The van der Waals surface area contributed by atoms with Crippen LogP contribution in [0, 0.1) is 0 Å². The van der Waals surface area contributed by atoms with Crippen LogP contribution in [0.15, 0.2) is 60.7 Å². The number of hydrogen-bond donors (Lipinski definition) is 1. The molecule has 2 nitrogen and oxygen atoms in total. The van der Waals surface area contributed by atoms with E-state index in [4.69, 9.17) is 23.2 Å². The van der Waals surface area contributed by atoms with Crippen molar-refractivity contribution in [3.8, 4) is 0 Å². The van der Waals surface area contributed by atoms with Crippen molar-refractivity contribution in [3.63, 3.8) is 0 Å². The highest BCUT2D eigenvalue weighted by molar-refractivity contribution is 7.98. The maximum Gasteiger partial charge on any atom is 0.220 e. The van der Waals surface area contributed by atoms with Crippen LogP contribution in [0.4, 0.5) is 0 Å². The van der Waals surface area contributed by atoms with Crippen molar-refractivity contribution < 1.29 is 4.79 Å². The highest BCUT2D eigenvalue weighted by Crippen LogP contribution is 2.24. The maximum absolute atomic E-state index is 12.1. The molecular weight excluding hydrogens is 397 g/mol. The van der Waals surface area contributed by atoms with E-state index >= 15 is 0 Å². The predicted octanol–water partition coefficient (Wildman–Crippen LogP) is 6.13. The van der Waals surface area contributed by atoms with Crippen molar-refractivity contribution in [2.75, 3.05) is 12.3 Å². The molecule has 1 N–H and O–H groups in total. The minimum atomic E-state index is 0.0954. The summed E-state index contributed by atoms with van der Waals surface area (Å²) >= 11 is 13.7. The number of nitrogens with one attached hydrogen (secondary N) is 1. The number of thioether (sulfide) groups is 1. The standard InChI is InChI=1S/C22H21Cl2NOS/c23-20-10-8-16(14-21(20)24)15-27-13-12-25-22(26)11-9-18-6-3-5-17-4-1-2-7-19(17)18/h1-8,10,14H,9,11-13,15H2,(H,25,26). The molecule has 0 bridgehead atoms. The van der Waals surface area contributed by atoms with E-state index in [1.54, 1.807) is 11.8 Å². The first-order valence-corrected chi connectivity index (χ1v) is 10.8. The fourth-order valence-corrected chi connectivity index (χ4v) is 4.06. The third-order valence-electron chi connectivity index (χ3n) is 4.32. The van der Waals surface area contributed by atoms with Crippen LogP contribution < -0.4 is 5.32 Å². The van der Waals surface area contributed by atoms with Crippen LogP contribution in [-0.2, 0) is 17.0 Å². The Balaban J connectivity index is 1.38. The normalized spacial score (nSPS) is 10.9. The van der Waals surface area contributed by atoms with Gasteiger partial charge in [-0.05, 0) is 40.5 Å². The van der Waals surface area contributed by atoms with E-state index in [1.807, 2.05) is 30.3 Å². The number of fused-ring (bicyclic) bond motifs is 1. The summed E-state index contributed by atoms with van der Waals surface area (Å²) < 4.78 is 0. The van der Waals surface area contributed by atoms with Crippen LogP contribution >= 0.6 is 35.0 Å². The maximum atomic E-state index is 12.1. The second kappa shape index (κ2) is 10.0. The van der Waals surface area contributed by atoms with Gasteiger partial charge in [0.1, 0.15) is 0 Å². The highest BCUT2D eigenvalue weighted by Gasteiger charge is 2.05. The van der Waals surface area contributed by atoms with Crippen LogP contribution in [-0.4, -0.2) is 18.2 Å². The molecule has 0 saturated carbocycles. The van der Waals surface area contributed by atoms with Gasteiger partial charge < -0.3 is 5.32 Å². The zero-order chi connectivity index (χ0) is 19.1. The summed E-state index contributed by atoms with van der Waals surface area (Å²) in [5.74, 6) is 1.81. The van der Waals surface area contributed by atoms with E-state index in [0.29, 0.717) is 23.0 Å². The van der Waals surface area contributed by atoms with Gasteiger partial charge in [0.25, 0.3) is 0 Å². The van der Waals surface area contributed by atoms with Crippen molar-refractivity contribution in [1.82, 2.24) is 5.32 Å². The first-order chi connectivity index (χ1) is 13.1. The number of halogens is 2. The van der Waals surface area contributed by atoms with E-state index in [0.717, 1.165) is 23.5 Å². The zero-order valence-electron chi connectivity index (χ0n) is 14.9. The smallest absolute Gasteiger partial charge is 0.220 e. The van der Waals surface area contributed by atoms with E-state index in [2.05, 4.69) is 35.6 Å². The fourth-order valence-electron chi connectivity index (χ4n) is 2.93. The van der Waals surface area contributed by atoms with Gasteiger partial charge in [0, 0.05) is 24.5 Å². The minimum absolute atomic E-state index is 0.0954. The lowest BCUT2D eigenvalue weighted by molar-refractivity contribution is -0.120. The molecule has 0 aliphatic heterocycles. The molecule has 0 unspecified atom stereocenters. The number of aryl methyl sites for hydroxylation is 1. The number of rotatable bonds is 8. The van der Waals surface area contributed by atoms with Crippen LogP contribution in [0.3, 0.4) is 0 Å². The first-order valence-electron chi connectivity index (χ1n) is 8.88. The summed E-state index contributed by atoms with van der Waals surface area (Å²) in [6.45, 7) is 0.667. The lowest BCUT2D eigenvalue weighted by atomic mass is 10.0. The van der Waals surface area contributed by atoms with E-state index in [-0.39, 0.29) is 5.91 Å². The Kier molecular flexibility index (Phi) is 7.45. The molecule has 0 aliphatic carbocycles. The van der Waals surface area contributed by atoms with Gasteiger partial charge in [-0.15, -0.1) is 0 Å². The summed E-state index contributed by atoms with van der Waals surface area (Å²) in [6, 6.07) is 20.2. The molecule has 0 spiro atoms. The second-order valence-corrected chi connectivity index (χ2v) is 8.21. The number of amides is 1. The molecule has 0 heterocycles. The number of carbonyl (C=O) groups excluding carboxylic acids is 1. The van der Waals surface area contributed by atoms with Crippen molar-refractivity contribution in [2.45, 2.75) is 18.6 Å². The molecule has 3 aromatic rings. The molecule has 1 amide bonds. The van der Waals surface area contributed by atoms with Gasteiger partial charge >= 0.3 is 0 Å². The second-order valence-electron chi connectivity index (χ2n) is 6.29. The molecule has 3 aromatic carbocycles. The largest absolute Gasteiger partial charge is 0.355 e. The molecule has 5 heteroatoms. The van der Waals surface area contributed by atoms with Crippen LogP contribution in [0.2, 0.25) is 10.0 Å². The minimum Gasteiger partial charge on any atom is -0.355 e. The Morgan fingerprint density at radius 3 is 2.63 bits per heavy atom. The van der Waals surface area contributed by atoms with Crippen LogP contribution in [0.5, 0.6) is 0 Å². The third-order valence-corrected chi connectivity index (χ3v) is 6.09. The summed E-state index contributed by atoms with van der Waals surface area (Å²) in [5.41, 5.74) is 2.36. The topological polar surface area (TPSA) is 29.1 Å². The summed E-state index contributed by atoms with van der Waals surface area (Å²) in [4.78, 5) is 12.1. The van der Waals surface area contributed by atoms with Gasteiger partial charge in [0.15, 0.2) is 0 Å². The average molecular weight is 418 g/mol. The van der Waals surface area contributed by atoms with Crippen molar-refractivity contribution >= 4 is 51.6 Å². The Hall–Kier alpha value is -1.68. The molecule has 0 aliphatic rings. The van der Waals surface area contributed by atoms with E-state index in [9.17, 15) is 4.79 Å². The quantitative estimate of drug-likeness (QED) is 0.446. The molecule has 0 saturated heterocycles. The Morgan fingerprint density at radius 1 is 0.963 bits per heavy atom. The van der Waals surface area contributed by atoms with Gasteiger partial charge in [-0.2, -0.15) is 11.8 Å². The third kappa shape index (κ3) is 5.90. The van der Waals surface area contributed by atoms with Crippen LogP contribution in [0.1, 0.15) is 17.5 Å². The highest BCUT2D eigenvalue weighted by atomic mass is 35.5. The summed E-state index contributed by atoms with van der Waals surface area (Å²) in [5, 5.41) is 6.60. The van der Waals surface area contributed by atoms with E-state index in [1.165, 1.54) is 16.3 Å². The lowest BCUT2D eigenvalue weighted by Gasteiger charge is -2.08. The number of carbonyl (C=O) groups is 1. The molecule has 0 aromatic heterocycles. The number of benzene rings is 3. The fraction of sp³-hybridized carbons (Fsp3) is 0.227. The molecule has 0 atom stereocenters. The van der Waals surface area contributed by atoms with Gasteiger partial charge in [-0.25, -0.2) is 0 Å². The average Bonchev–Trinajstić information content (AvgIpc) is 2.68.